The molecule has 1 saturated heterocycles. The lowest BCUT2D eigenvalue weighted by Gasteiger charge is -2.13. The van der Waals surface area contributed by atoms with Crippen LogP contribution < -0.4 is 0 Å². The molecule has 1 fully saturated rings. The molecule has 0 aliphatic carbocycles. The van der Waals surface area contributed by atoms with Gasteiger partial charge in [0.2, 0.25) is 0 Å². The number of halogens is 1. The first-order chi connectivity index (χ1) is 10.6. The van der Waals surface area contributed by atoms with Crippen molar-refractivity contribution >= 4 is 56.0 Å². The number of amides is 1. The normalized spacial score (nSPS) is 14.8. The Balaban J connectivity index is 1.53. The highest BCUT2D eigenvalue weighted by atomic mass is 35.5. The zero-order chi connectivity index (χ0) is 15.5. The summed E-state index contributed by atoms with van der Waals surface area (Å²) in [4.78, 5) is 25.8. The molecule has 0 atom stereocenters. The second kappa shape index (κ2) is 6.89. The number of hydrogen-bond acceptors (Lipinski definition) is 5. The number of ether oxygens (including phenoxy) is 1. The molecule has 22 heavy (non-hydrogen) atoms. The Morgan fingerprint density at radius 1 is 1.36 bits per heavy atom. The lowest BCUT2D eigenvalue weighted by atomic mass is 10.2. The highest BCUT2D eigenvalue weighted by Gasteiger charge is 2.21. The first kappa shape index (κ1) is 15.6. The monoisotopic (exact) mass is 355 g/mol. The maximum atomic E-state index is 11.8. The summed E-state index contributed by atoms with van der Waals surface area (Å²) in [5.74, 6) is 0.490. The van der Waals surface area contributed by atoms with E-state index in [-0.39, 0.29) is 24.2 Å². The van der Waals surface area contributed by atoms with Crippen LogP contribution in [0.3, 0.4) is 0 Å². The molecule has 1 aliphatic rings. The third-order valence-corrected chi connectivity index (χ3v) is 5.98. The van der Waals surface area contributed by atoms with Gasteiger partial charge in [0, 0.05) is 28.9 Å². The maximum absolute atomic E-state index is 11.8. The number of rotatable bonds is 5. The van der Waals surface area contributed by atoms with Gasteiger partial charge < -0.3 is 9.64 Å². The molecule has 7 heteroatoms. The van der Waals surface area contributed by atoms with E-state index in [1.165, 1.54) is 23.1 Å². The Morgan fingerprint density at radius 3 is 2.91 bits per heavy atom. The van der Waals surface area contributed by atoms with Gasteiger partial charge in [0.15, 0.2) is 0 Å². The van der Waals surface area contributed by atoms with Crippen molar-refractivity contribution in [2.75, 3.05) is 18.8 Å². The summed E-state index contributed by atoms with van der Waals surface area (Å²) in [6.07, 6.45) is 0.217. The summed E-state index contributed by atoms with van der Waals surface area (Å²) in [5, 5.41) is 1.68. The molecule has 4 nitrogen and oxygen atoms in total. The van der Waals surface area contributed by atoms with Gasteiger partial charge in [0.25, 0.3) is 5.24 Å². The van der Waals surface area contributed by atoms with Gasteiger partial charge in [-0.2, -0.15) is 0 Å². The van der Waals surface area contributed by atoms with E-state index >= 15 is 0 Å². The van der Waals surface area contributed by atoms with Crippen LogP contribution in [0.1, 0.15) is 11.3 Å². The van der Waals surface area contributed by atoms with Gasteiger partial charge in [-0.05, 0) is 6.07 Å². The molecule has 2 heterocycles. The second-order valence-corrected chi connectivity index (χ2v) is 7.41. The Hall–Kier alpha value is -1.24. The third-order valence-electron chi connectivity index (χ3n) is 3.40. The van der Waals surface area contributed by atoms with Gasteiger partial charge in [-0.1, -0.05) is 41.6 Å². The van der Waals surface area contributed by atoms with E-state index in [1.807, 2.05) is 24.3 Å². The third kappa shape index (κ3) is 3.39. The number of fused-ring (bicyclic) bond motifs is 1. The largest absolute Gasteiger partial charge is 0.460 e. The Bertz CT molecular complexity index is 716. The van der Waals surface area contributed by atoms with Crippen LogP contribution in [0.5, 0.6) is 0 Å². The SMILES string of the molecule is O=C(CCN1CCSC1=O)OCc1sc2ccccc2c1Cl. The van der Waals surface area contributed by atoms with Crippen LogP contribution in [0.15, 0.2) is 24.3 Å². The van der Waals surface area contributed by atoms with Gasteiger partial charge in [-0.15, -0.1) is 11.3 Å². The van der Waals surface area contributed by atoms with Crippen molar-refractivity contribution in [2.24, 2.45) is 0 Å². The number of carbonyl (C=O) groups excluding carboxylic acids is 2. The minimum atomic E-state index is -0.307. The Morgan fingerprint density at radius 2 is 2.18 bits per heavy atom. The summed E-state index contributed by atoms with van der Waals surface area (Å²) < 4.78 is 6.36. The summed E-state index contributed by atoms with van der Waals surface area (Å²) in [5.41, 5.74) is 0. The van der Waals surface area contributed by atoms with Crippen LogP contribution in [-0.2, 0) is 16.1 Å². The van der Waals surface area contributed by atoms with Crippen LogP contribution in [0, 0.1) is 0 Å². The molecule has 2 aromatic rings. The van der Waals surface area contributed by atoms with E-state index < -0.39 is 0 Å². The molecule has 1 amide bonds. The molecule has 0 unspecified atom stereocenters. The standard InChI is InChI=1S/C15H14ClNO3S2/c16-14-10-3-1-2-4-11(10)22-12(14)9-20-13(18)5-6-17-7-8-21-15(17)19/h1-4H,5-9H2. The fourth-order valence-corrected chi connectivity index (χ4v) is 4.48. The van der Waals surface area contributed by atoms with Crippen LogP contribution >= 0.6 is 34.7 Å². The van der Waals surface area contributed by atoms with E-state index in [0.717, 1.165) is 20.7 Å². The molecule has 116 valence electrons. The summed E-state index contributed by atoms with van der Waals surface area (Å²) in [6, 6.07) is 7.84. The second-order valence-electron chi connectivity index (χ2n) is 4.85. The zero-order valence-electron chi connectivity index (χ0n) is 11.7. The smallest absolute Gasteiger partial charge is 0.307 e. The van der Waals surface area contributed by atoms with Gasteiger partial charge in [0.05, 0.1) is 16.3 Å². The molecule has 1 aromatic carbocycles. The molecular formula is C15H14ClNO3S2. The van der Waals surface area contributed by atoms with Gasteiger partial charge >= 0.3 is 5.97 Å². The highest BCUT2D eigenvalue weighted by molar-refractivity contribution is 8.13. The Kier molecular flexibility index (Phi) is 4.90. The topological polar surface area (TPSA) is 46.6 Å². The van der Waals surface area contributed by atoms with Crippen LogP contribution in [0.25, 0.3) is 10.1 Å². The van der Waals surface area contributed by atoms with Gasteiger partial charge in [0.1, 0.15) is 6.61 Å². The summed E-state index contributed by atoms with van der Waals surface area (Å²) in [6.45, 7) is 1.31. The van der Waals surface area contributed by atoms with E-state index in [1.54, 1.807) is 4.90 Å². The van der Waals surface area contributed by atoms with Crippen molar-refractivity contribution in [1.29, 1.82) is 0 Å². The van der Waals surface area contributed by atoms with Crippen molar-refractivity contribution in [3.8, 4) is 0 Å². The molecular weight excluding hydrogens is 342 g/mol. The minimum Gasteiger partial charge on any atom is -0.460 e. The summed E-state index contributed by atoms with van der Waals surface area (Å²) in [7, 11) is 0. The number of benzene rings is 1. The number of nitrogens with zero attached hydrogens (tertiary/aromatic N) is 1. The average Bonchev–Trinajstić information content (AvgIpc) is 3.07. The molecule has 0 radical (unpaired) electrons. The number of hydrogen-bond donors (Lipinski definition) is 0. The molecule has 1 aromatic heterocycles. The van der Waals surface area contributed by atoms with E-state index in [9.17, 15) is 9.59 Å². The number of esters is 1. The number of thioether (sulfide) groups is 1. The first-order valence-corrected chi connectivity index (χ1v) is 9.06. The lowest BCUT2D eigenvalue weighted by molar-refractivity contribution is -0.145. The quantitative estimate of drug-likeness (QED) is 0.756. The molecule has 0 N–H and O–H groups in total. The van der Waals surface area contributed by atoms with Crippen LogP contribution in [0.4, 0.5) is 4.79 Å². The van der Waals surface area contributed by atoms with Crippen molar-refractivity contribution in [3.05, 3.63) is 34.2 Å². The predicted octanol–water partition coefficient (Wildman–Crippen LogP) is 4.16. The van der Waals surface area contributed by atoms with Gasteiger partial charge in [-0.3, -0.25) is 9.59 Å². The van der Waals surface area contributed by atoms with Crippen LogP contribution in [-0.4, -0.2) is 35.0 Å². The van der Waals surface area contributed by atoms with Crippen molar-refractivity contribution in [2.45, 2.75) is 13.0 Å². The van der Waals surface area contributed by atoms with Crippen molar-refractivity contribution in [3.63, 3.8) is 0 Å². The van der Waals surface area contributed by atoms with E-state index in [0.29, 0.717) is 18.1 Å². The van der Waals surface area contributed by atoms with Crippen LogP contribution in [0.2, 0.25) is 5.02 Å². The molecule has 1 aliphatic heterocycles. The first-order valence-electron chi connectivity index (χ1n) is 6.88. The van der Waals surface area contributed by atoms with Crippen molar-refractivity contribution < 1.29 is 14.3 Å². The lowest BCUT2D eigenvalue weighted by Crippen LogP contribution is -2.26. The Labute approximate surface area is 141 Å². The molecule has 0 bridgehead atoms. The number of carbonyl (C=O) groups is 2. The minimum absolute atomic E-state index is 0.0420. The number of thiophene rings is 1. The fourth-order valence-electron chi connectivity index (χ4n) is 2.23. The molecule has 3 rings (SSSR count). The van der Waals surface area contributed by atoms with E-state index in [2.05, 4.69) is 0 Å². The summed E-state index contributed by atoms with van der Waals surface area (Å²) >= 11 is 9.13. The molecule has 0 saturated carbocycles. The van der Waals surface area contributed by atoms with E-state index in [4.69, 9.17) is 16.3 Å². The predicted molar refractivity (Wildman–Crippen MR) is 90.7 cm³/mol. The maximum Gasteiger partial charge on any atom is 0.307 e. The highest BCUT2D eigenvalue weighted by Crippen LogP contribution is 2.35. The van der Waals surface area contributed by atoms with Gasteiger partial charge in [-0.25, -0.2) is 0 Å². The van der Waals surface area contributed by atoms with Crippen molar-refractivity contribution in [1.82, 2.24) is 4.90 Å². The molecule has 0 spiro atoms. The fraction of sp³-hybridized carbons (Fsp3) is 0.333. The zero-order valence-corrected chi connectivity index (χ0v) is 14.1. The average molecular weight is 356 g/mol.